The normalized spacial score (nSPS) is 9.67. The smallest absolute Gasteiger partial charge is 0.307 e. The van der Waals surface area contributed by atoms with Gasteiger partial charge in [-0.3, -0.25) is 4.79 Å². The summed E-state index contributed by atoms with van der Waals surface area (Å²) in [5.41, 5.74) is 1.31. The van der Waals surface area contributed by atoms with Crippen LogP contribution in [0.3, 0.4) is 0 Å². The quantitative estimate of drug-likeness (QED) is 0.769. The Balaban J connectivity index is 2.62. The topological polar surface area (TPSA) is 53.3 Å². The number of benzene rings is 1. The van der Waals surface area contributed by atoms with Crippen molar-refractivity contribution in [2.24, 2.45) is 0 Å². The van der Waals surface area contributed by atoms with Gasteiger partial charge in [-0.05, 0) is 25.1 Å². The number of hydrogen-bond acceptors (Lipinski definition) is 4. The molecular formula is C13H15ClN2O2. The second kappa shape index (κ2) is 6.87. The minimum absolute atomic E-state index is 0.218. The van der Waals surface area contributed by atoms with Gasteiger partial charge in [0, 0.05) is 19.3 Å². The zero-order valence-corrected chi connectivity index (χ0v) is 11.2. The molecule has 1 rings (SSSR count). The van der Waals surface area contributed by atoms with Crippen molar-refractivity contribution in [1.29, 1.82) is 5.26 Å². The second-order valence-electron chi connectivity index (χ2n) is 3.75. The number of esters is 1. The fraction of sp³-hybridized carbons (Fsp3) is 0.385. The summed E-state index contributed by atoms with van der Waals surface area (Å²) in [5.74, 6) is -0.218. The van der Waals surface area contributed by atoms with E-state index >= 15 is 0 Å². The lowest BCUT2D eigenvalue weighted by Gasteiger charge is -2.19. The fourth-order valence-electron chi connectivity index (χ4n) is 1.45. The van der Waals surface area contributed by atoms with E-state index in [0.717, 1.165) is 5.69 Å². The maximum Gasteiger partial charge on any atom is 0.307 e. The third-order valence-corrected chi connectivity index (χ3v) is 2.78. The molecule has 0 spiro atoms. The van der Waals surface area contributed by atoms with Crippen LogP contribution >= 0.6 is 11.6 Å². The number of halogens is 1. The highest BCUT2D eigenvalue weighted by molar-refractivity contribution is 6.32. The van der Waals surface area contributed by atoms with Crippen LogP contribution in [-0.2, 0) is 9.53 Å². The minimum atomic E-state index is -0.218. The van der Waals surface area contributed by atoms with Crippen molar-refractivity contribution in [2.75, 3.05) is 25.1 Å². The Morgan fingerprint density at radius 1 is 1.56 bits per heavy atom. The first-order valence-corrected chi connectivity index (χ1v) is 6.02. The molecule has 18 heavy (non-hydrogen) atoms. The standard InChI is InChI=1S/C13H15ClN2O2/c1-3-18-13(17)6-7-16(2)11-5-4-10(9-15)12(14)8-11/h4-5,8H,3,6-7H2,1-2H3. The van der Waals surface area contributed by atoms with Crippen LogP contribution in [0.25, 0.3) is 0 Å². The van der Waals surface area contributed by atoms with Gasteiger partial charge in [-0.25, -0.2) is 0 Å². The predicted molar refractivity (Wildman–Crippen MR) is 70.7 cm³/mol. The average Bonchev–Trinajstić information content (AvgIpc) is 2.36. The lowest BCUT2D eigenvalue weighted by atomic mass is 10.2. The van der Waals surface area contributed by atoms with Gasteiger partial charge < -0.3 is 9.64 Å². The van der Waals surface area contributed by atoms with E-state index < -0.39 is 0 Å². The van der Waals surface area contributed by atoms with Crippen LogP contribution in [0.5, 0.6) is 0 Å². The van der Waals surface area contributed by atoms with E-state index in [9.17, 15) is 4.79 Å². The first-order valence-electron chi connectivity index (χ1n) is 5.65. The van der Waals surface area contributed by atoms with Gasteiger partial charge in [0.05, 0.1) is 23.6 Å². The fourth-order valence-corrected chi connectivity index (χ4v) is 1.67. The summed E-state index contributed by atoms with van der Waals surface area (Å²) < 4.78 is 4.85. The number of carbonyl (C=O) groups excluding carboxylic acids is 1. The molecule has 96 valence electrons. The van der Waals surface area contributed by atoms with Crippen LogP contribution in [0, 0.1) is 11.3 Å². The van der Waals surface area contributed by atoms with Crippen molar-refractivity contribution in [1.82, 2.24) is 0 Å². The SMILES string of the molecule is CCOC(=O)CCN(C)c1ccc(C#N)c(Cl)c1. The van der Waals surface area contributed by atoms with Gasteiger partial charge in [0.1, 0.15) is 6.07 Å². The molecule has 4 nitrogen and oxygen atoms in total. The molecule has 0 aliphatic heterocycles. The van der Waals surface area contributed by atoms with Crippen molar-refractivity contribution >= 4 is 23.3 Å². The Morgan fingerprint density at radius 2 is 2.28 bits per heavy atom. The van der Waals surface area contributed by atoms with Gasteiger partial charge in [0.2, 0.25) is 0 Å². The van der Waals surface area contributed by atoms with Gasteiger partial charge in [-0.2, -0.15) is 5.26 Å². The molecule has 0 bridgehead atoms. The number of nitriles is 1. The number of nitrogens with zero attached hydrogens (tertiary/aromatic N) is 2. The Bertz CT molecular complexity index is 469. The zero-order chi connectivity index (χ0) is 13.5. The van der Waals surface area contributed by atoms with Crippen LogP contribution in [0.4, 0.5) is 5.69 Å². The summed E-state index contributed by atoms with van der Waals surface area (Å²) in [6.45, 7) is 2.72. The molecule has 0 saturated carbocycles. The van der Waals surface area contributed by atoms with Crippen LogP contribution in [0.15, 0.2) is 18.2 Å². The van der Waals surface area contributed by atoms with Crippen LogP contribution < -0.4 is 4.90 Å². The molecule has 0 amide bonds. The van der Waals surface area contributed by atoms with Gasteiger partial charge in [-0.15, -0.1) is 0 Å². The third-order valence-electron chi connectivity index (χ3n) is 2.47. The van der Waals surface area contributed by atoms with Crippen LogP contribution in [0.2, 0.25) is 5.02 Å². The minimum Gasteiger partial charge on any atom is -0.466 e. The molecule has 0 aromatic heterocycles. The largest absolute Gasteiger partial charge is 0.466 e. The van der Waals surface area contributed by atoms with Gasteiger partial charge >= 0.3 is 5.97 Å². The third kappa shape index (κ3) is 3.94. The average molecular weight is 267 g/mol. The molecule has 0 saturated heterocycles. The molecule has 0 aliphatic carbocycles. The maximum absolute atomic E-state index is 11.2. The molecule has 0 aliphatic rings. The molecule has 5 heteroatoms. The van der Waals surface area contributed by atoms with Crippen molar-refractivity contribution in [3.8, 4) is 6.07 Å². The van der Waals surface area contributed by atoms with Crippen molar-refractivity contribution in [3.05, 3.63) is 28.8 Å². The zero-order valence-electron chi connectivity index (χ0n) is 10.4. The predicted octanol–water partition coefficient (Wildman–Crippen LogP) is 2.60. The number of anilines is 1. The lowest BCUT2D eigenvalue weighted by Crippen LogP contribution is -2.22. The Morgan fingerprint density at radius 3 is 2.83 bits per heavy atom. The molecule has 0 fully saturated rings. The summed E-state index contributed by atoms with van der Waals surface area (Å²) in [6.07, 6.45) is 0.321. The Hall–Kier alpha value is -1.73. The number of hydrogen-bond donors (Lipinski definition) is 0. The summed E-state index contributed by atoms with van der Waals surface area (Å²) in [7, 11) is 1.86. The van der Waals surface area contributed by atoms with E-state index in [4.69, 9.17) is 21.6 Å². The number of carbonyl (C=O) groups is 1. The van der Waals surface area contributed by atoms with Crippen molar-refractivity contribution in [3.63, 3.8) is 0 Å². The molecule has 0 radical (unpaired) electrons. The second-order valence-corrected chi connectivity index (χ2v) is 4.16. The number of ether oxygens (including phenoxy) is 1. The summed E-state index contributed by atoms with van der Waals surface area (Å²) in [5, 5.41) is 9.19. The van der Waals surface area contributed by atoms with E-state index in [2.05, 4.69) is 0 Å². The highest BCUT2D eigenvalue weighted by atomic mass is 35.5. The Kier molecular flexibility index (Phi) is 5.47. The first-order chi connectivity index (χ1) is 8.58. The monoisotopic (exact) mass is 266 g/mol. The van der Waals surface area contributed by atoms with Crippen LogP contribution in [0.1, 0.15) is 18.9 Å². The van der Waals surface area contributed by atoms with E-state index in [1.807, 2.05) is 18.0 Å². The number of rotatable bonds is 5. The van der Waals surface area contributed by atoms with Crippen molar-refractivity contribution in [2.45, 2.75) is 13.3 Å². The molecule has 0 N–H and O–H groups in total. The van der Waals surface area contributed by atoms with E-state index in [0.29, 0.717) is 30.2 Å². The van der Waals surface area contributed by atoms with Gasteiger partial charge in [0.25, 0.3) is 0 Å². The summed E-state index contributed by atoms with van der Waals surface area (Å²) in [6, 6.07) is 7.18. The maximum atomic E-state index is 11.2. The van der Waals surface area contributed by atoms with Gasteiger partial charge in [0.15, 0.2) is 0 Å². The summed E-state index contributed by atoms with van der Waals surface area (Å²) in [4.78, 5) is 13.1. The molecule has 1 aromatic rings. The molecular weight excluding hydrogens is 252 g/mol. The van der Waals surface area contributed by atoms with E-state index in [-0.39, 0.29) is 5.97 Å². The molecule has 0 unspecified atom stereocenters. The van der Waals surface area contributed by atoms with E-state index in [1.165, 1.54) is 0 Å². The Labute approximate surface area is 112 Å². The first kappa shape index (κ1) is 14.3. The lowest BCUT2D eigenvalue weighted by molar-refractivity contribution is -0.142. The highest BCUT2D eigenvalue weighted by Crippen LogP contribution is 2.22. The van der Waals surface area contributed by atoms with Gasteiger partial charge in [-0.1, -0.05) is 11.6 Å². The summed E-state index contributed by atoms with van der Waals surface area (Å²) >= 11 is 5.95. The van der Waals surface area contributed by atoms with Crippen LogP contribution in [-0.4, -0.2) is 26.2 Å². The molecule has 0 heterocycles. The van der Waals surface area contributed by atoms with E-state index in [1.54, 1.807) is 25.1 Å². The highest BCUT2D eigenvalue weighted by Gasteiger charge is 2.08. The molecule has 1 aromatic carbocycles. The van der Waals surface area contributed by atoms with Crippen molar-refractivity contribution < 1.29 is 9.53 Å². The molecule has 0 atom stereocenters.